The fraction of sp³-hybridized carbons (Fsp3) is 0.250. The van der Waals surface area contributed by atoms with Crippen molar-refractivity contribution in [1.29, 1.82) is 0 Å². The van der Waals surface area contributed by atoms with Crippen molar-refractivity contribution < 1.29 is 18.3 Å². The molecule has 2 aromatic carbocycles. The molecular formula is C16H15F3OS. The largest absolute Gasteiger partial charge is 0.416 e. The van der Waals surface area contributed by atoms with Gasteiger partial charge in [0.2, 0.25) is 0 Å². The van der Waals surface area contributed by atoms with Gasteiger partial charge in [0.15, 0.2) is 0 Å². The van der Waals surface area contributed by atoms with Crippen LogP contribution in [-0.4, -0.2) is 10.9 Å². The van der Waals surface area contributed by atoms with Crippen LogP contribution in [-0.2, 0) is 6.18 Å². The summed E-state index contributed by atoms with van der Waals surface area (Å²) < 4.78 is 37.5. The summed E-state index contributed by atoms with van der Waals surface area (Å²) in [6.45, 7) is 2.05. The van der Waals surface area contributed by atoms with Crippen LogP contribution >= 0.6 is 11.8 Å². The first-order valence-electron chi connectivity index (χ1n) is 6.50. The van der Waals surface area contributed by atoms with E-state index in [1.54, 1.807) is 23.9 Å². The van der Waals surface area contributed by atoms with Crippen LogP contribution in [0, 0.1) is 0 Å². The molecule has 5 heteroatoms. The van der Waals surface area contributed by atoms with Gasteiger partial charge in [0, 0.05) is 4.90 Å². The van der Waals surface area contributed by atoms with Gasteiger partial charge in [-0.1, -0.05) is 31.2 Å². The topological polar surface area (TPSA) is 20.2 Å². The lowest BCUT2D eigenvalue weighted by Gasteiger charge is -2.13. The SMILES string of the molecule is CCSc1ccc(C(O)c2ccc(C(F)(F)F)cc2)cc1. The molecule has 112 valence electrons. The lowest BCUT2D eigenvalue weighted by Crippen LogP contribution is -2.06. The standard InChI is InChI=1S/C16H15F3OS/c1-2-21-14-9-5-12(6-10-14)15(20)11-3-7-13(8-4-11)16(17,18)19/h3-10,15,20H,2H2,1H3. The molecular weight excluding hydrogens is 297 g/mol. The summed E-state index contributed by atoms with van der Waals surface area (Å²) in [5, 5.41) is 10.2. The van der Waals surface area contributed by atoms with E-state index < -0.39 is 17.8 Å². The van der Waals surface area contributed by atoms with Crippen molar-refractivity contribution in [3.8, 4) is 0 Å². The van der Waals surface area contributed by atoms with E-state index in [-0.39, 0.29) is 0 Å². The van der Waals surface area contributed by atoms with E-state index >= 15 is 0 Å². The molecule has 2 rings (SSSR count). The Bertz CT molecular complexity index is 576. The smallest absolute Gasteiger partial charge is 0.384 e. The van der Waals surface area contributed by atoms with E-state index in [1.807, 2.05) is 12.1 Å². The Kier molecular flexibility index (Phi) is 4.96. The zero-order chi connectivity index (χ0) is 15.5. The van der Waals surface area contributed by atoms with E-state index in [1.165, 1.54) is 12.1 Å². The van der Waals surface area contributed by atoms with Crippen LogP contribution in [0.25, 0.3) is 0 Å². The van der Waals surface area contributed by atoms with Gasteiger partial charge >= 0.3 is 6.18 Å². The number of benzene rings is 2. The van der Waals surface area contributed by atoms with Gasteiger partial charge in [-0.25, -0.2) is 0 Å². The normalized spacial score (nSPS) is 13.2. The summed E-state index contributed by atoms with van der Waals surface area (Å²) in [6.07, 6.45) is -5.28. The van der Waals surface area contributed by atoms with Crippen molar-refractivity contribution in [1.82, 2.24) is 0 Å². The van der Waals surface area contributed by atoms with Crippen molar-refractivity contribution in [2.75, 3.05) is 5.75 Å². The van der Waals surface area contributed by atoms with Crippen molar-refractivity contribution in [2.24, 2.45) is 0 Å². The third-order valence-corrected chi connectivity index (χ3v) is 3.95. The van der Waals surface area contributed by atoms with Crippen LogP contribution in [0.1, 0.15) is 29.7 Å². The molecule has 0 aliphatic heterocycles. The lowest BCUT2D eigenvalue weighted by atomic mass is 10.0. The summed E-state index contributed by atoms with van der Waals surface area (Å²) in [5.41, 5.74) is 0.391. The number of hydrogen-bond donors (Lipinski definition) is 1. The zero-order valence-corrected chi connectivity index (χ0v) is 12.2. The Labute approximate surface area is 125 Å². The summed E-state index contributed by atoms with van der Waals surface area (Å²) >= 11 is 1.69. The van der Waals surface area contributed by atoms with Gasteiger partial charge in [0.1, 0.15) is 6.10 Å². The van der Waals surface area contributed by atoms with Crippen LogP contribution < -0.4 is 0 Å². The van der Waals surface area contributed by atoms with Gasteiger partial charge in [-0.15, -0.1) is 11.8 Å². The first-order chi connectivity index (χ1) is 9.91. The predicted molar refractivity (Wildman–Crippen MR) is 78.3 cm³/mol. The summed E-state index contributed by atoms with van der Waals surface area (Å²) in [5.74, 6) is 0.959. The first-order valence-corrected chi connectivity index (χ1v) is 7.48. The molecule has 0 amide bonds. The second kappa shape index (κ2) is 6.54. The molecule has 0 aliphatic rings. The minimum absolute atomic E-state index is 0.443. The molecule has 0 heterocycles. The Balaban J connectivity index is 2.17. The summed E-state index contributed by atoms with van der Waals surface area (Å²) in [7, 11) is 0. The molecule has 21 heavy (non-hydrogen) atoms. The Morgan fingerprint density at radius 3 is 1.86 bits per heavy atom. The van der Waals surface area contributed by atoms with E-state index in [4.69, 9.17) is 0 Å². The lowest BCUT2D eigenvalue weighted by molar-refractivity contribution is -0.137. The maximum Gasteiger partial charge on any atom is 0.416 e. The molecule has 1 N–H and O–H groups in total. The third-order valence-electron chi connectivity index (χ3n) is 3.06. The Hall–Kier alpha value is -1.46. The highest BCUT2D eigenvalue weighted by atomic mass is 32.2. The zero-order valence-electron chi connectivity index (χ0n) is 11.4. The Morgan fingerprint density at radius 1 is 0.952 bits per heavy atom. The van der Waals surface area contributed by atoms with Gasteiger partial charge in [-0.2, -0.15) is 13.2 Å². The number of halogens is 3. The molecule has 0 aliphatic carbocycles. The molecule has 2 aromatic rings. The van der Waals surface area contributed by atoms with Crippen LogP contribution in [0.15, 0.2) is 53.4 Å². The molecule has 0 aromatic heterocycles. The number of aliphatic hydroxyl groups excluding tert-OH is 1. The van der Waals surface area contributed by atoms with Gasteiger partial charge in [0.05, 0.1) is 5.56 Å². The molecule has 0 bridgehead atoms. The van der Waals surface area contributed by atoms with Gasteiger partial charge in [-0.05, 0) is 41.1 Å². The van der Waals surface area contributed by atoms with Crippen molar-refractivity contribution in [3.05, 3.63) is 65.2 Å². The van der Waals surface area contributed by atoms with Gasteiger partial charge in [-0.3, -0.25) is 0 Å². The molecule has 0 saturated heterocycles. The third kappa shape index (κ3) is 4.02. The van der Waals surface area contributed by atoms with E-state index in [2.05, 4.69) is 6.92 Å². The molecule has 0 radical (unpaired) electrons. The average molecular weight is 312 g/mol. The average Bonchev–Trinajstić information content (AvgIpc) is 2.47. The number of aliphatic hydroxyl groups is 1. The van der Waals surface area contributed by atoms with E-state index in [0.717, 1.165) is 22.8 Å². The van der Waals surface area contributed by atoms with Gasteiger partial charge < -0.3 is 5.11 Å². The first kappa shape index (κ1) is 15.9. The van der Waals surface area contributed by atoms with E-state index in [0.29, 0.717) is 11.1 Å². The van der Waals surface area contributed by atoms with Crippen LogP contribution in [0.5, 0.6) is 0 Å². The van der Waals surface area contributed by atoms with Crippen molar-refractivity contribution in [3.63, 3.8) is 0 Å². The minimum atomic E-state index is -4.36. The molecule has 1 unspecified atom stereocenters. The van der Waals surface area contributed by atoms with Gasteiger partial charge in [0.25, 0.3) is 0 Å². The summed E-state index contributed by atoms with van der Waals surface area (Å²) in [4.78, 5) is 1.10. The minimum Gasteiger partial charge on any atom is -0.384 e. The highest BCUT2D eigenvalue weighted by molar-refractivity contribution is 7.99. The van der Waals surface area contributed by atoms with Crippen LogP contribution in [0.2, 0.25) is 0 Å². The number of thioether (sulfide) groups is 1. The number of alkyl halides is 3. The molecule has 1 atom stereocenters. The molecule has 0 saturated carbocycles. The second-order valence-corrected chi connectivity index (χ2v) is 5.86. The number of rotatable bonds is 4. The monoisotopic (exact) mass is 312 g/mol. The van der Waals surface area contributed by atoms with Crippen molar-refractivity contribution in [2.45, 2.75) is 24.1 Å². The van der Waals surface area contributed by atoms with E-state index in [9.17, 15) is 18.3 Å². The van der Waals surface area contributed by atoms with Crippen LogP contribution in [0.4, 0.5) is 13.2 Å². The Morgan fingerprint density at radius 2 is 1.43 bits per heavy atom. The maximum atomic E-state index is 12.5. The quantitative estimate of drug-likeness (QED) is 0.810. The summed E-state index contributed by atoms with van der Waals surface area (Å²) in [6, 6.07) is 12.0. The molecule has 0 fully saturated rings. The predicted octanol–water partition coefficient (Wildman–Crippen LogP) is 4.90. The van der Waals surface area contributed by atoms with Crippen molar-refractivity contribution >= 4 is 11.8 Å². The molecule has 1 nitrogen and oxygen atoms in total. The highest BCUT2D eigenvalue weighted by Gasteiger charge is 2.30. The van der Waals surface area contributed by atoms with Crippen LogP contribution in [0.3, 0.4) is 0 Å². The molecule has 0 spiro atoms. The second-order valence-electron chi connectivity index (χ2n) is 4.52. The maximum absolute atomic E-state index is 12.5. The fourth-order valence-corrected chi connectivity index (χ4v) is 2.62. The highest BCUT2D eigenvalue weighted by Crippen LogP contribution is 2.31. The number of hydrogen-bond acceptors (Lipinski definition) is 2. The fourth-order valence-electron chi connectivity index (χ4n) is 1.96.